The Balaban J connectivity index is 1.49. The Labute approximate surface area is 183 Å². The summed E-state index contributed by atoms with van der Waals surface area (Å²) in [6, 6.07) is 9.70. The topological polar surface area (TPSA) is 86.4 Å². The number of benzene rings is 1. The second kappa shape index (κ2) is 8.50. The first-order chi connectivity index (χ1) is 15.2. The van der Waals surface area contributed by atoms with Crippen LogP contribution in [0.5, 0.6) is 0 Å². The molecule has 1 amide bonds. The van der Waals surface area contributed by atoms with Crippen LogP contribution in [0.25, 0.3) is 15.9 Å². The third kappa shape index (κ3) is 4.52. The molecular weight excluding hydrogens is 447 g/mol. The third-order valence-corrected chi connectivity index (χ3v) is 5.63. The lowest BCUT2D eigenvalue weighted by molar-refractivity contribution is -0.137. The summed E-state index contributed by atoms with van der Waals surface area (Å²) in [5, 5.41) is 7.47. The molecule has 0 atom stereocenters. The summed E-state index contributed by atoms with van der Waals surface area (Å²) in [5.74, 6) is -0.652. The Morgan fingerprint density at radius 1 is 1.22 bits per heavy atom. The molecule has 0 aliphatic heterocycles. The quantitative estimate of drug-likeness (QED) is 0.426. The molecule has 0 unspecified atom stereocenters. The number of rotatable bonds is 6. The number of ether oxygens (including phenoxy) is 1. The number of hydrogen-bond donors (Lipinski definition) is 1. The van der Waals surface area contributed by atoms with Gasteiger partial charge in [-0.1, -0.05) is 6.07 Å². The molecule has 11 heteroatoms. The standard InChI is InChI=1S/C21H16F3N3O4S/c1-12-16-9-17(20(29)31-11-18(28)25-10-15-6-3-7-30-15)32-19(16)27(26-12)14-5-2-4-13(8-14)21(22,23)24/h2-9H,10-11H2,1H3,(H,25,28). The summed E-state index contributed by atoms with van der Waals surface area (Å²) in [7, 11) is 0. The summed E-state index contributed by atoms with van der Waals surface area (Å²) in [5.41, 5.74) is -0.0334. The number of aryl methyl sites for hydroxylation is 1. The first-order valence-electron chi connectivity index (χ1n) is 9.35. The molecule has 1 aromatic carbocycles. The molecule has 1 N–H and O–H groups in total. The Morgan fingerprint density at radius 3 is 2.75 bits per heavy atom. The molecule has 0 radical (unpaired) electrons. The lowest BCUT2D eigenvalue weighted by atomic mass is 10.2. The van der Waals surface area contributed by atoms with Crippen LogP contribution in [0.3, 0.4) is 0 Å². The molecular formula is C21H16F3N3O4S. The van der Waals surface area contributed by atoms with Gasteiger partial charge in [-0.3, -0.25) is 4.79 Å². The van der Waals surface area contributed by atoms with E-state index >= 15 is 0 Å². The molecule has 0 saturated heterocycles. The van der Waals surface area contributed by atoms with Crippen LogP contribution in [-0.2, 0) is 22.3 Å². The fraction of sp³-hybridized carbons (Fsp3) is 0.190. The summed E-state index contributed by atoms with van der Waals surface area (Å²) >= 11 is 1.02. The molecule has 4 aromatic rings. The lowest BCUT2D eigenvalue weighted by Crippen LogP contribution is -2.28. The molecule has 0 bridgehead atoms. The maximum absolute atomic E-state index is 13.1. The number of esters is 1. The van der Waals surface area contributed by atoms with E-state index in [-0.39, 0.29) is 17.1 Å². The number of alkyl halides is 3. The Kier molecular flexibility index (Phi) is 5.74. The zero-order chi connectivity index (χ0) is 22.9. The van der Waals surface area contributed by atoms with Crippen molar-refractivity contribution in [2.75, 3.05) is 6.61 Å². The minimum absolute atomic E-state index is 0.165. The lowest BCUT2D eigenvalue weighted by Gasteiger charge is -2.09. The first kappa shape index (κ1) is 21.6. The number of carbonyl (C=O) groups excluding carboxylic acids is 2. The average Bonchev–Trinajstić information content (AvgIpc) is 3.48. The number of nitrogens with zero attached hydrogens (tertiary/aromatic N) is 2. The van der Waals surface area contributed by atoms with Gasteiger partial charge in [0.05, 0.1) is 29.8 Å². The minimum Gasteiger partial charge on any atom is -0.467 e. The van der Waals surface area contributed by atoms with Gasteiger partial charge in [-0.05, 0) is 43.3 Å². The van der Waals surface area contributed by atoms with Crippen molar-refractivity contribution in [2.24, 2.45) is 0 Å². The van der Waals surface area contributed by atoms with Gasteiger partial charge in [-0.25, -0.2) is 9.48 Å². The van der Waals surface area contributed by atoms with E-state index in [1.807, 2.05) is 0 Å². The fourth-order valence-electron chi connectivity index (χ4n) is 2.99. The van der Waals surface area contributed by atoms with E-state index in [4.69, 9.17) is 9.15 Å². The first-order valence-corrected chi connectivity index (χ1v) is 10.2. The van der Waals surface area contributed by atoms with Crippen LogP contribution in [0.1, 0.15) is 26.7 Å². The van der Waals surface area contributed by atoms with E-state index in [1.165, 1.54) is 23.1 Å². The molecule has 7 nitrogen and oxygen atoms in total. The van der Waals surface area contributed by atoms with Crippen molar-refractivity contribution in [3.05, 3.63) is 70.6 Å². The van der Waals surface area contributed by atoms with E-state index in [2.05, 4.69) is 10.4 Å². The van der Waals surface area contributed by atoms with Crippen molar-refractivity contribution in [2.45, 2.75) is 19.6 Å². The molecule has 3 aromatic heterocycles. The highest BCUT2D eigenvalue weighted by Crippen LogP contribution is 2.33. The minimum atomic E-state index is -4.49. The number of nitrogens with one attached hydrogen (secondary N) is 1. The molecule has 0 spiro atoms. The summed E-state index contributed by atoms with van der Waals surface area (Å²) in [4.78, 5) is 25.0. The van der Waals surface area contributed by atoms with E-state index in [0.29, 0.717) is 21.7 Å². The molecule has 166 valence electrons. The molecule has 4 rings (SSSR count). The number of furan rings is 1. The number of amides is 1. The van der Waals surface area contributed by atoms with Crippen LogP contribution in [0, 0.1) is 6.92 Å². The fourth-order valence-corrected chi connectivity index (χ4v) is 4.07. The molecule has 32 heavy (non-hydrogen) atoms. The maximum atomic E-state index is 13.1. The van der Waals surface area contributed by atoms with Crippen LogP contribution in [0.4, 0.5) is 13.2 Å². The van der Waals surface area contributed by atoms with Crippen LogP contribution in [0.2, 0.25) is 0 Å². The maximum Gasteiger partial charge on any atom is 0.416 e. The Morgan fingerprint density at radius 2 is 2.03 bits per heavy atom. The highest BCUT2D eigenvalue weighted by Gasteiger charge is 2.31. The number of fused-ring (bicyclic) bond motifs is 1. The molecule has 0 aliphatic carbocycles. The SMILES string of the molecule is Cc1nn(-c2cccc(C(F)(F)F)c2)c2sc(C(=O)OCC(=O)NCc3ccco3)cc12. The van der Waals surface area contributed by atoms with Crippen molar-refractivity contribution in [3.8, 4) is 5.69 Å². The van der Waals surface area contributed by atoms with Crippen molar-refractivity contribution in [1.29, 1.82) is 0 Å². The van der Waals surface area contributed by atoms with Gasteiger partial charge in [-0.15, -0.1) is 11.3 Å². The Hall–Kier alpha value is -3.60. The van der Waals surface area contributed by atoms with Gasteiger partial charge < -0.3 is 14.5 Å². The normalized spacial score (nSPS) is 11.6. The number of aromatic nitrogens is 2. The summed E-state index contributed by atoms with van der Waals surface area (Å²) < 4.78 is 50.7. The molecule has 3 heterocycles. The van der Waals surface area contributed by atoms with E-state index < -0.39 is 30.2 Å². The zero-order valence-electron chi connectivity index (χ0n) is 16.6. The number of hydrogen-bond acceptors (Lipinski definition) is 6. The third-order valence-electron chi connectivity index (χ3n) is 4.54. The van der Waals surface area contributed by atoms with E-state index in [0.717, 1.165) is 23.5 Å². The van der Waals surface area contributed by atoms with Crippen molar-refractivity contribution in [3.63, 3.8) is 0 Å². The smallest absolute Gasteiger partial charge is 0.416 e. The van der Waals surface area contributed by atoms with Gasteiger partial charge in [0, 0.05) is 5.39 Å². The number of halogens is 3. The van der Waals surface area contributed by atoms with E-state index in [1.54, 1.807) is 25.1 Å². The average molecular weight is 463 g/mol. The largest absolute Gasteiger partial charge is 0.467 e. The van der Waals surface area contributed by atoms with Gasteiger partial charge in [0.15, 0.2) is 6.61 Å². The van der Waals surface area contributed by atoms with Gasteiger partial charge in [0.1, 0.15) is 15.5 Å². The van der Waals surface area contributed by atoms with Crippen molar-refractivity contribution in [1.82, 2.24) is 15.1 Å². The second-order valence-corrected chi connectivity index (χ2v) is 7.84. The number of carbonyl (C=O) groups is 2. The van der Waals surface area contributed by atoms with Crippen molar-refractivity contribution < 1.29 is 31.9 Å². The van der Waals surface area contributed by atoms with Gasteiger partial charge in [0.2, 0.25) is 0 Å². The highest BCUT2D eigenvalue weighted by atomic mass is 32.1. The summed E-state index contributed by atoms with van der Waals surface area (Å²) in [6.07, 6.45) is -3.01. The van der Waals surface area contributed by atoms with Gasteiger partial charge in [0.25, 0.3) is 5.91 Å². The monoisotopic (exact) mass is 463 g/mol. The highest BCUT2D eigenvalue weighted by molar-refractivity contribution is 7.20. The zero-order valence-corrected chi connectivity index (χ0v) is 17.4. The second-order valence-electron chi connectivity index (χ2n) is 6.81. The molecule has 0 fully saturated rings. The predicted octanol–water partition coefficient (Wildman–Crippen LogP) is 4.48. The number of thiophene rings is 1. The van der Waals surface area contributed by atoms with Crippen LogP contribution in [-0.4, -0.2) is 28.3 Å². The van der Waals surface area contributed by atoms with E-state index in [9.17, 15) is 22.8 Å². The van der Waals surface area contributed by atoms with Crippen LogP contribution < -0.4 is 5.32 Å². The summed E-state index contributed by atoms with van der Waals surface area (Å²) in [6.45, 7) is 1.38. The van der Waals surface area contributed by atoms with Crippen LogP contribution in [0.15, 0.2) is 53.1 Å². The van der Waals surface area contributed by atoms with Crippen molar-refractivity contribution >= 4 is 33.4 Å². The molecule has 0 aliphatic rings. The predicted molar refractivity (Wildman–Crippen MR) is 110 cm³/mol. The van der Waals surface area contributed by atoms with Crippen LogP contribution >= 0.6 is 11.3 Å². The Bertz CT molecular complexity index is 1280. The van der Waals surface area contributed by atoms with Gasteiger partial charge in [-0.2, -0.15) is 18.3 Å². The van der Waals surface area contributed by atoms with Gasteiger partial charge >= 0.3 is 12.1 Å². The molecule has 0 saturated carbocycles.